The molecule has 0 spiro atoms. The van der Waals surface area contributed by atoms with Gasteiger partial charge in [0.05, 0.1) is 0 Å². The molecule has 2 rings (SSSR count). The number of aliphatic hydroxyl groups is 1. The molecule has 2 heterocycles. The Bertz CT molecular complexity index is 352. The van der Waals surface area contributed by atoms with E-state index in [0.717, 1.165) is 19.5 Å². The molecule has 1 atom stereocenters. The maximum Gasteiger partial charge on any atom is 0.0445 e. The van der Waals surface area contributed by atoms with Crippen LogP contribution in [0, 0.1) is 6.92 Å². The molecule has 1 saturated heterocycles. The summed E-state index contributed by atoms with van der Waals surface area (Å²) in [6, 6.07) is 2.76. The van der Waals surface area contributed by atoms with Crippen LogP contribution in [-0.2, 0) is 6.54 Å². The summed E-state index contributed by atoms with van der Waals surface area (Å²) in [5.74, 6) is 0. The van der Waals surface area contributed by atoms with Gasteiger partial charge in [0.1, 0.15) is 0 Å². The molecule has 0 saturated carbocycles. The van der Waals surface area contributed by atoms with E-state index < -0.39 is 0 Å². The van der Waals surface area contributed by atoms with E-state index in [1.54, 1.807) is 0 Å². The number of hydrogen-bond acceptors (Lipinski definition) is 3. The minimum Gasteiger partial charge on any atom is -0.396 e. The third-order valence-corrected chi connectivity index (χ3v) is 3.53. The number of piperidine rings is 1. The Morgan fingerprint density at radius 3 is 3.06 bits per heavy atom. The molecular weight excluding hydrogens is 212 g/mol. The third-order valence-electron chi connectivity index (χ3n) is 3.53. The molecule has 94 valence electrons. The van der Waals surface area contributed by atoms with Gasteiger partial charge in [-0.25, -0.2) is 0 Å². The number of likely N-dealkylation sites (tertiary alicyclic amines) is 1. The maximum absolute atomic E-state index is 9.11. The smallest absolute Gasteiger partial charge is 0.0445 e. The van der Waals surface area contributed by atoms with E-state index in [-0.39, 0.29) is 0 Å². The van der Waals surface area contributed by atoms with Crippen LogP contribution in [0.4, 0.5) is 0 Å². The van der Waals surface area contributed by atoms with E-state index in [1.807, 2.05) is 12.4 Å². The summed E-state index contributed by atoms with van der Waals surface area (Å²) in [6.45, 7) is 4.50. The molecule has 1 aromatic heterocycles. The van der Waals surface area contributed by atoms with Crippen LogP contribution in [0.1, 0.15) is 36.8 Å². The third kappa shape index (κ3) is 3.51. The van der Waals surface area contributed by atoms with Crippen molar-refractivity contribution in [1.82, 2.24) is 9.88 Å². The second-order valence-corrected chi connectivity index (χ2v) is 5.00. The van der Waals surface area contributed by atoms with Crippen LogP contribution in [0.2, 0.25) is 0 Å². The summed E-state index contributed by atoms with van der Waals surface area (Å²) in [6.07, 6.45) is 8.55. The van der Waals surface area contributed by atoms with Gasteiger partial charge < -0.3 is 5.11 Å². The molecule has 1 aliphatic rings. The lowest BCUT2D eigenvalue weighted by Gasteiger charge is -2.35. The zero-order chi connectivity index (χ0) is 12.1. The van der Waals surface area contributed by atoms with E-state index in [9.17, 15) is 0 Å². The summed E-state index contributed by atoms with van der Waals surface area (Å²) < 4.78 is 0. The standard InChI is InChI=1S/C14H22N2O/c1-12-8-13(10-15-9-12)11-16-6-3-2-4-14(16)5-7-17/h8-10,14,17H,2-7,11H2,1H3. The first kappa shape index (κ1) is 12.5. The monoisotopic (exact) mass is 234 g/mol. The van der Waals surface area contributed by atoms with Gasteiger partial charge in [0, 0.05) is 31.6 Å². The summed E-state index contributed by atoms with van der Waals surface area (Å²) in [5, 5.41) is 9.11. The fourth-order valence-electron chi connectivity index (χ4n) is 2.68. The minimum absolute atomic E-state index is 0.299. The molecule has 1 aliphatic heterocycles. The van der Waals surface area contributed by atoms with Gasteiger partial charge in [-0.15, -0.1) is 0 Å². The molecule has 1 N–H and O–H groups in total. The van der Waals surface area contributed by atoms with Crippen LogP contribution in [0.3, 0.4) is 0 Å². The summed E-state index contributed by atoms with van der Waals surface area (Å²) in [5.41, 5.74) is 2.51. The quantitative estimate of drug-likeness (QED) is 0.867. The zero-order valence-electron chi connectivity index (χ0n) is 10.6. The van der Waals surface area contributed by atoms with Crippen molar-refractivity contribution in [2.24, 2.45) is 0 Å². The van der Waals surface area contributed by atoms with Gasteiger partial charge in [0.2, 0.25) is 0 Å². The van der Waals surface area contributed by atoms with Gasteiger partial charge in [-0.05, 0) is 43.9 Å². The van der Waals surface area contributed by atoms with Gasteiger partial charge in [0.25, 0.3) is 0 Å². The highest BCUT2D eigenvalue weighted by atomic mass is 16.3. The maximum atomic E-state index is 9.11. The molecule has 1 unspecified atom stereocenters. The van der Waals surface area contributed by atoms with Gasteiger partial charge in [-0.1, -0.05) is 12.5 Å². The predicted octanol–water partition coefficient (Wildman–Crippen LogP) is 2.13. The fraction of sp³-hybridized carbons (Fsp3) is 0.643. The molecular formula is C14H22N2O. The van der Waals surface area contributed by atoms with Crippen molar-refractivity contribution in [3.63, 3.8) is 0 Å². The first-order valence-electron chi connectivity index (χ1n) is 6.55. The van der Waals surface area contributed by atoms with Gasteiger partial charge in [-0.2, -0.15) is 0 Å². The molecule has 0 bridgehead atoms. The number of aryl methyl sites for hydroxylation is 1. The summed E-state index contributed by atoms with van der Waals surface area (Å²) >= 11 is 0. The largest absolute Gasteiger partial charge is 0.396 e. The lowest BCUT2D eigenvalue weighted by molar-refractivity contribution is 0.112. The van der Waals surface area contributed by atoms with Crippen LogP contribution in [0.5, 0.6) is 0 Å². The van der Waals surface area contributed by atoms with Crippen molar-refractivity contribution in [3.8, 4) is 0 Å². The fourth-order valence-corrected chi connectivity index (χ4v) is 2.68. The minimum atomic E-state index is 0.299. The highest BCUT2D eigenvalue weighted by molar-refractivity contribution is 5.16. The Kier molecular flexibility index (Phi) is 4.51. The van der Waals surface area contributed by atoms with Crippen molar-refractivity contribution in [3.05, 3.63) is 29.6 Å². The number of rotatable bonds is 4. The topological polar surface area (TPSA) is 36.4 Å². The van der Waals surface area contributed by atoms with Crippen LogP contribution < -0.4 is 0 Å². The van der Waals surface area contributed by atoms with Crippen molar-refractivity contribution in [2.45, 2.75) is 45.2 Å². The SMILES string of the molecule is Cc1cncc(CN2CCCCC2CCO)c1. The summed E-state index contributed by atoms with van der Waals surface area (Å²) in [7, 11) is 0. The van der Waals surface area contributed by atoms with Crippen LogP contribution in [0.15, 0.2) is 18.5 Å². The first-order valence-corrected chi connectivity index (χ1v) is 6.55. The van der Waals surface area contributed by atoms with E-state index >= 15 is 0 Å². The molecule has 3 heteroatoms. The van der Waals surface area contributed by atoms with E-state index in [4.69, 9.17) is 5.11 Å². The van der Waals surface area contributed by atoms with E-state index in [2.05, 4.69) is 22.9 Å². The molecule has 0 aromatic carbocycles. The van der Waals surface area contributed by atoms with Crippen LogP contribution in [0.25, 0.3) is 0 Å². The first-order chi connectivity index (χ1) is 8.29. The van der Waals surface area contributed by atoms with Crippen LogP contribution in [-0.4, -0.2) is 34.2 Å². The number of nitrogens with zero attached hydrogens (tertiary/aromatic N) is 2. The lowest BCUT2D eigenvalue weighted by atomic mass is 9.99. The number of hydrogen-bond donors (Lipinski definition) is 1. The number of aliphatic hydroxyl groups excluding tert-OH is 1. The van der Waals surface area contributed by atoms with Crippen molar-refractivity contribution < 1.29 is 5.11 Å². The Morgan fingerprint density at radius 1 is 1.41 bits per heavy atom. The number of aromatic nitrogens is 1. The average Bonchev–Trinajstić information content (AvgIpc) is 2.32. The molecule has 3 nitrogen and oxygen atoms in total. The Labute approximate surface area is 103 Å². The summed E-state index contributed by atoms with van der Waals surface area (Å²) in [4.78, 5) is 6.74. The van der Waals surface area contributed by atoms with E-state index in [0.29, 0.717) is 12.6 Å². The molecule has 1 aromatic rings. The molecule has 0 aliphatic carbocycles. The number of pyridine rings is 1. The van der Waals surface area contributed by atoms with Gasteiger partial charge in [-0.3, -0.25) is 9.88 Å². The Hall–Kier alpha value is -0.930. The highest BCUT2D eigenvalue weighted by Crippen LogP contribution is 2.21. The van der Waals surface area contributed by atoms with Crippen molar-refractivity contribution in [2.75, 3.05) is 13.2 Å². The molecule has 0 amide bonds. The lowest BCUT2D eigenvalue weighted by Crippen LogP contribution is -2.39. The van der Waals surface area contributed by atoms with Gasteiger partial charge >= 0.3 is 0 Å². The predicted molar refractivity (Wildman–Crippen MR) is 68.7 cm³/mol. The van der Waals surface area contributed by atoms with Gasteiger partial charge in [0.15, 0.2) is 0 Å². The molecule has 17 heavy (non-hydrogen) atoms. The van der Waals surface area contributed by atoms with Crippen molar-refractivity contribution in [1.29, 1.82) is 0 Å². The Balaban J connectivity index is 2.00. The second-order valence-electron chi connectivity index (χ2n) is 5.00. The normalized spacial score (nSPS) is 21.6. The molecule has 1 fully saturated rings. The zero-order valence-corrected chi connectivity index (χ0v) is 10.6. The highest BCUT2D eigenvalue weighted by Gasteiger charge is 2.21. The molecule has 0 radical (unpaired) electrons. The average molecular weight is 234 g/mol. The Morgan fingerprint density at radius 2 is 2.29 bits per heavy atom. The van der Waals surface area contributed by atoms with E-state index in [1.165, 1.54) is 30.4 Å². The van der Waals surface area contributed by atoms with Crippen LogP contribution >= 0.6 is 0 Å². The van der Waals surface area contributed by atoms with Crippen molar-refractivity contribution >= 4 is 0 Å². The second kappa shape index (κ2) is 6.12.